The fourth-order valence-corrected chi connectivity index (χ4v) is 2.91. The van der Waals surface area contributed by atoms with Crippen molar-refractivity contribution in [2.75, 3.05) is 13.2 Å². The molecule has 0 saturated carbocycles. The number of nitrogens with zero attached hydrogens (tertiary/aromatic N) is 1. The third kappa shape index (κ3) is 1.60. The number of nitrogens with one attached hydrogen (secondary N) is 1. The number of ether oxygens (including phenoxy) is 2. The molecule has 2 aliphatic heterocycles. The van der Waals surface area contributed by atoms with Gasteiger partial charge in [-0.25, -0.2) is 4.79 Å². The molecule has 4 rings (SSSR count). The molecule has 1 aromatic heterocycles. The SMILES string of the molecule is O=C(O)c1cc(-c2c3c(c(O)c4c2OCC4)OCC3)n[nH]1. The minimum Gasteiger partial charge on any atom is -0.504 e. The van der Waals surface area contributed by atoms with Crippen LogP contribution in [0.25, 0.3) is 11.3 Å². The van der Waals surface area contributed by atoms with Gasteiger partial charge in [-0.05, 0) is 6.07 Å². The molecule has 0 unspecified atom stereocenters. The number of carboxylic acids is 1. The molecular weight excluding hydrogens is 276 g/mol. The second-order valence-corrected chi connectivity index (χ2v) is 5.01. The molecule has 0 radical (unpaired) electrons. The zero-order chi connectivity index (χ0) is 14.6. The summed E-state index contributed by atoms with van der Waals surface area (Å²) in [5.41, 5.74) is 2.74. The summed E-state index contributed by atoms with van der Waals surface area (Å²) in [6.07, 6.45) is 1.23. The maximum Gasteiger partial charge on any atom is 0.353 e. The van der Waals surface area contributed by atoms with Gasteiger partial charge >= 0.3 is 5.97 Å². The molecule has 0 saturated heterocycles. The van der Waals surface area contributed by atoms with Gasteiger partial charge in [-0.15, -0.1) is 0 Å². The Hall–Kier alpha value is -2.70. The molecule has 1 aromatic carbocycles. The molecule has 0 fully saturated rings. The van der Waals surface area contributed by atoms with Crippen molar-refractivity contribution in [2.45, 2.75) is 12.8 Å². The zero-order valence-corrected chi connectivity index (χ0v) is 11.0. The van der Waals surface area contributed by atoms with Crippen molar-refractivity contribution in [3.05, 3.63) is 22.9 Å². The van der Waals surface area contributed by atoms with Gasteiger partial charge in [0.05, 0.1) is 24.5 Å². The van der Waals surface area contributed by atoms with E-state index in [4.69, 9.17) is 14.6 Å². The molecule has 3 heterocycles. The summed E-state index contributed by atoms with van der Waals surface area (Å²) < 4.78 is 11.2. The molecule has 7 heteroatoms. The summed E-state index contributed by atoms with van der Waals surface area (Å²) in [6, 6.07) is 1.47. The lowest BCUT2D eigenvalue weighted by Gasteiger charge is -2.12. The van der Waals surface area contributed by atoms with Crippen molar-refractivity contribution in [1.29, 1.82) is 0 Å². The molecule has 0 bridgehead atoms. The number of aromatic amines is 1. The highest BCUT2D eigenvalue weighted by Crippen LogP contribution is 2.51. The minimum absolute atomic E-state index is 0.0116. The highest BCUT2D eigenvalue weighted by Gasteiger charge is 2.33. The van der Waals surface area contributed by atoms with Crippen LogP contribution in [0.1, 0.15) is 21.6 Å². The molecule has 2 aromatic rings. The quantitative estimate of drug-likeness (QED) is 0.770. The van der Waals surface area contributed by atoms with Gasteiger partial charge in [0.1, 0.15) is 11.4 Å². The van der Waals surface area contributed by atoms with Gasteiger partial charge in [-0.1, -0.05) is 0 Å². The average molecular weight is 288 g/mol. The number of phenolic OH excluding ortho intramolecular Hbond substituents is 1. The normalized spacial score (nSPS) is 15.2. The number of aromatic hydroxyl groups is 1. The molecule has 108 valence electrons. The van der Waals surface area contributed by atoms with Crippen LogP contribution in [0.3, 0.4) is 0 Å². The Labute approximate surface area is 119 Å². The lowest BCUT2D eigenvalue weighted by molar-refractivity contribution is 0.0690. The van der Waals surface area contributed by atoms with Crippen molar-refractivity contribution in [3.8, 4) is 28.5 Å². The van der Waals surface area contributed by atoms with Crippen molar-refractivity contribution in [3.63, 3.8) is 0 Å². The Bertz CT molecular complexity index is 730. The minimum atomic E-state index is -1.07. The van der Waals surface area contributed by atoms with E-state index in [1.165, 1.54) is 6.07 Å². The largest absolute Gasteiger partial charge is 0.504 e. The molecule has 21 heavy (non-hydrogen) atoms. The summed E-state index contributed by atoms with van der Waals surface area (Å²) in [7, 11) is 0. The molecule has 0 amide bonds. The highest BCUT2D eigenvalue weighted by atomic mass is 16.5. The Morgan fingerprint density at radius 3 is 2.62 bits per heavy atom. The van der Waals surface area contributed by atoms with Crippen LogP contribution in [-0.2, 0) is 12.8 Å². The van der Waals surface area contributed by atoms with Crippen LogP contribution in [-0.4, -0.2) is 39.6 Å². The first-order valence-electron chi connectivity index (χ1n) is 6.62. The fourth-order valence-electron chi connectivity index (χ4n) is 2.91. The topological polar surface area (TPSA) is 105 Å². The zero-order valence-electron chi connectivity index (χ0n) is 11.0. The Balaban J connectivity index is 1.98. The first-order valence-corrected chi connectivity index (χ1v) is 6.62. The van der Waals surface area contributed by atoms with Gasteiger partial charge in [0, 0.05) is 24.0 Å². The smallest absolute Gasteiger partial charge is 0.353 e. The lowest BCUT2D eigenvalue weighted by Crippen LogP contribution is -1.95. The third-order valence-electron chi connectivity index (χ3n) is 3.84. The molecule has 0 atom stereocenters. The Morgan fingerprint density at radius 1 is 1.19 bits per heavy atom. The predicted molar refractivity (Wildman–Crippen MR) is 71.0 cm³/mol. The van der Waals surface area contributed by atoms with Crippen LogP contribution in [0.15, 0.2) is 6.07 Å². The summed E-state index contributed by atoms with van der Waals surface area (Å²) in [5, 5.41) is 25.8. The van der Waals surface area contributed by atoms with Crippen molar-refractivity contribution in [1.82, 2.24) is 10.2 Å². The van der Waals surface area contributed by atoms with Crippen LogP contribution in [0, 0.1) is 0 Å². The number of hydrogen-bond acceptors (Lipinski definition) is 5. The molecular formula is C14H12N2O5. The molecule has 0 spiro atoms. The van der Waals surface area contributed by atoms with E-state index in [1.54, 1.807) is 0 Å². The van der Waals surface area contributed by atoms with E-state index >= 15 is 0 Å². The van der Waals surface area contributed by atoms with E-state index in [-0.39, 0.29) is 11.4 Å². The van der Waals surface area contributed by atoms with Crippen LogP contribution >= 0.6 is 0 Å². The predicted octanol–water partition coefficient (Wildman–Crippen LogP) is 1.35. The Kier molecular flexibility index (Phi) is 2.38. The fraction of sp³-hybridized carbons (Fsp3) is 0.286. The monoisotopic (exact) mass is 288 g/mol. The van der Waals surface area contributed by atoms with Gasteiger partial charge in [-0.3, -0.25) is 5.10 Å². The number of hydrogen-bond donors (Lipinski definition) is 3. The van der Waals surface area contributed by atoms with E-state index in [1.807, 2.05) is 0 Å². The number of aromatic carboxylic acids is 1. The number of carbonyl (C=O) groups is 1. The van der Waals surface area contributed by atoms with E-state index in [0.29, 0.717) is 48.8 Å². The highest BCUT2D eigenvalue weighted by molar-refractivity contribution is 5.88. The summed E-state index contributed by atoms with van der Waals surface area (Å²) >= 11 is 0. The van der Waals surface area contributed by atoms with Crippen molar-refractivity contribution in [2.24, 2.45) is 0 Å². The van der Waals surface area contributed by atoms with Crippen molar-refractivity contribution >= 4 is 5.97 Å². The molecule has 0 aliphatic carbocycles. The second-order valence-electron chi connectivity index (χ2n) is 5.01. The van der Waals surface area contributed by atoms with Gasteiger partial charge in [-0.2, -0.15) is 5.10 Å². The first-order chi connectivity index (χ1) is 10.2. The number of fused-ring (bicyclic) bond motifs is 2. The number of benzene rings is 1. The standard InChI is InChI=1S/C14H12N2O5/c17-11-7-2-4-20-12(7)10(6-1-3-21-13(6)11)8-5-9(14(18)19)16-15-8/h5,17H,1-4H2,(H,15,16)(H,18,19). The first kappa shape index (κ1) is 12.1. The second kappa shape index (κ2) is 4.15. The van der Waals surface area contributed by atoms with Gasteiger partial charge in [0.2, 0.25) is 0 Å². The number of H-pyrrole nitrogens is 1. The molecule has 2 aliphatic rings. The van der Waals surface area contributed by atoms with E-state index in [0.717, 1.165) is 11.1 Å². The van der Waals surface area contributed by atoms with Gasteiger partial charge < -0.3 is 19.7 Å². The van der Waals surface area contributed by atoms with E-state index < -0.39 is 5.97 Å². The number of aromatic nitrogens is 2. The van der Waals surface area contributed by atoms with Crippen molar-refractivity contribution < 1.29 is 24.5 Å². The summed E-state index contributed by atoms with van der Waals surface area (Å²) in [4.78, 5) is 11.0. The maximum atomic E-state index is 11.0. The number of phenols is 1. The third-order valence-corrected chi connectivity index (χ3v) is 3.84. The average Bonchev–Trinajstić information content (AvgIpc) is 3.19. The summed E-state index contributed by atoms with van der Waals surface area (Å²) in [5.74, 6) is 0.111. The van der Waals surface area contributed by atoms with Gasteiger partial charge in [0.15, 0.2) is 11.5 Å². The van der Waals surface area contributed by atoms with Gasteiger partial charge in [0.25, 0.3) is 0 Å². The Morgan fingerprint density at radius 2 is 1.90 bits per heavy atom. The number of carboxylic acid groups (broad SMARTS) is 1. The van der Waals surface area contributed by atoms with Crippen LogP contribution < -0.4 is 9.47 Å². The molecule has 7 nitrogen and oxygen atoms in total. The lowest BCUT2D eigenvalue weighted by atomic mass is 9.96. The van der Waals surface area contributed by atoms with Crippen LogP contribution in [0.2, 0.25) is 0 Å². The van der Waals surface area contributed by atoms with Crippen LogP contribution in [0.5, 0.6) is 17.2 Å². The number of rotatable bonds is 2. The summed E-state index contributed by atoms with van der Waals surface area (Å²) in [6.45, 7) is 0.962. The van der Waals surface area contributed by atoms with E-state index in [9.17, 15) is 9.90 Å². The maximum absolute atomic E-state index is 11.0. The van der Waals surface area contributed by atoms with Crippen LogP contribution in [0.4, 0.5) is 0 Å². The van der Waals surface area contributed by atoms with E-state index in [2.05, 4.69) is 10.2 Å². The molecule has 3 N–H and O–H groups in total.